The molecule has 0 unspecified atom stereocenters. The molecule has 0 radical (unpaired) electrons. The smallest absolute Gasteiger partial charge is 0.415 e. The van der Waals surface area contributed by atoms with Gasteiger partial charge in [-0.15, -0.1) is 0 Å². The van der Waals surface area contributed by atoms with Gasteiger partial charge >= 0.3 is 6.09 Å². The van der Waals surface area contributed by atoms with Crippen LogP contribution in [0.5, 0.6) is 0 Å². The molecule has 0 fully saturated rings. The van der Waals surface area contributed by atoms with E-state index in [9.17, 15) is 14.9 Å². The number of rotatable bonds is 5. The molecule has 22 heavy (non-hydrogen) atoms. The molecule has 0 aliphatic carbocycles. The van der Waals surface area contributed by atoms with Gasteiger partial charge in [0.2, 0.25) is 0 Å². The summed E-state index contributed by atoms with van der Waals surface area (Å²) in [6.07, 6.45) is -0.722. The molecule has 0 spiro atoms. The van der Waals surface area contributed by atoms with Crippen LogP contribution in [0.4, 0.5) is 16.2 Å². The number of nitro groups is 1. The zero-order chi connectivity index (χ0) is 16.9. The molecule has 0 aromatic heterocycles. The van der Waals surface area contributed by atoms with Crippen molar-refractivity contribution in [1.29, 1.82) is 0 Å². The number of amides is 1. The Kier molecular flexibility index (Phi) is 6.13. The van der Waals surface area contributed by atoms with E-state index >= 15 is 0 Å². The lowest BCUT2D eigenvalue weighted by atomic mass is 10.2. The highest BCUT2D eigenvalue weighted by molar-refractivity contribution is 6.34. The second-order valence-electron chi connectivity index (χ2n) is 5.49. The number of anilines is 1. The van der Waals surface area contributed by atoms with Gasteiger partial charge in [0.1, 0.15) is 11.3 Å². The Bertz CT molecular complexity index is 557. The Hall–Kier alpha value is -1.86. The van der Waals surface area contributed by atoms with Crippen LogP contribution < -0.4 is 4.90 Å². The molecular weight excluding hydrogens is 312 g/mol. The first-order chi connectivity index (χ1) is 10.2. The van der Waals surface area contributed by atoms with Gasteiger partial charge in [-0.2, -0.15) is 0 Å². The van der Waals surface area contributed by atoms with Crippen LogP contribution in [0.1, 0.15) is 20.8 Å². The molecule has 7 nitrogen and oxygen atoms in total. The topological polar surface area (TPSA) is 81.9 Å². The average molecular weight is 331 g/mol. The summed E-state index contributed by atoms with van der Waals surface area (Å²) in [4.78, 5) is 24.1. The minimum Gasteiger partial charge on any atom is -0.443 e. The quantitative estimate of drug-likeness (QED) is 0.608. The number of halogens is 1. The van der Waals surface area contributed by atoms with Crippen LogP contribution in [0.2, 0.25) is 5.02 Å². The van der Waals surface area contributed by atoms with Gasteiger partial charge in [0, 0.05) is 13.2 Å². The van der Waals surface area contributed by atoms with Gasteiger partial charge in [-0.25, -0.2) is 4.79 Å². The van der Waals surface area contributed by atoms with Crippen LogP contribution in [0.25, 0.3) is 0 Å². The lowest BCUT2D eigenvalue weighted by Gasteiger charge is -2.27. The molecule has 0 bridgehead atoms. The van der Waals surface area contributed by atoms with Crippen molar-refractivity contribution in [3.8, 4) is 0 Å². The van der Waals surface area contributed by atoms with E-state index in [2.05, 4.69) is 0 Å². The van der Waals surface area contributed by atoms with Gasteiger partial charge < -0.3 is 9.47 Å². The van der Waals surface area contributed by atoms with Crippen LogP contribution in [-0.2, 0) is 9.47 Å². The summed E-state index contributed by atoms with van der Waals surface area (Å²) in [6, 6.07) is 4.22. The molecule has 0 saturated heterocycles. The summed E-state index contributed by atoms with van der Waals surface area (Å²) in [7, 11) is 1.47. The van der Waals surface area contributed by atoms with Crippen LogP contribution >= 0.6 is 11.6 Å². The standard InChI is InChI=1S/C14H19ClN2O5/c1-14(2,3)22-13(18)16(8-9-21-4)12-10(15)6-5-7-11(12)17(19)20/h5-7H,8-9H2,1-4H3. The number of carbonyl (C=O) groups is 1. The molecule has 1 aromatic rings. The number of nitro benzene ring substituents is 1. The number of nitrogens with zero attached hydrogens (tertiary/aromatic N) is 2. The van der Waals surface area contributed by atoms with Crippen LogP contribution in [0.3, 0.4) is 0 Å². The summed E-state index contributed by atoms with van der Waals surface area (Å²) < 4.78 is 10.2. The molecule has 8 heteroatoms. The van der Waals surface area contributed by atoms with Gasteiger partial charge in [-0.1, -0.05) is 17.7 Å². The van der Waals surface area contributed by atoms with Crippen LogP contribution in [0, 0.1) is 10.1 Å². The van der Waals surface area contributed by atoms with Crippen molar-refractivity contribution < 1.29 is 19.2 Å². The maximum absolute atomic E-state index is 12.4. The molecule has 1 rings (SSSR count). The lowest BCUT2D eigenvalue weighted by Crippen LogP contribution is -2.39. The maximum atomic E-state index is 12.4. The Morgan fingerprint density at radius 3 is 2.55 bits per heavy atom. The highest BCUT2D eigenvalue weighted by Gasteiger charge is 2.30. The summed E-state index contributed by atoms with van der Waals surface area (Å²) in [5.74, 6) is 0. The maximum Gasteiger partial charge on any atom is 0.415 e. The van der Waals surface area contributed by atoms with Gasteiger partial charge in [-0.05, 0) is 26.8 Å². The number of ether oxygens (including phenoxy) is 2. The van der Waals surface area contributed by atoms with Crippen molar-refractivity contribution in [1.82, 2.24) is 0 Å². The van der Waals surface area contributed by atoms with Gasteiger partial charge in [0.25, 0.3) is 5.69 Å². The third-order valence-electron chi connectivity index (χ3n) is 2.57. The number of benzene rings is 1. The zero-order valence-corrected chi connectivity index (χ0v) is 13.7. The predicted molar refractivity (Wildman–Crippen MR) is 83.6 cm³/mol. The molecule has 122 valence electrons. The molecule has 0 aliphatic rings. The molecule has 1 amide bonds. The second-order valence-corrected chi connectivity index (χ2v) is 5.90. The average Bonchev–Trinajstić information content (AvgIpc) is 2.38. The third kappa shape index (κ3) is 4.85. The number of hydrogen-bond donors (Lipinski definition) is 0. The molecule has 0 aliphatic heterocycles. The second kappa shape index (κ2) is 7.42. The third-order valence-corrected chi connectivity index (χ3v) is 2.87. The summed E-state index contributed by atoms with van der Waals surface area (Å²) >= 11 is 6.07. The van der Waals surface area contributed by atoms with Gasteiger partial charge in [0.15, 0.2) is 0 Å². The lowest BCUT2D eigenvalue weighted by molar-refractivity contribution is -0.384. The van der Waals surface area contributed by atoms with Crippen molar-refractivity contribution in [3.05, 3.63) is 33.3 Å². The normalized spacial score (nSPS) is 11.1. The fourth-order valence-corrected chi connectivity index (χ4v) is 1.98. The Balaban J connectivity index is 3.28. The highest BCUT2D eigenvalue weighted by atomic mass is 35.5. The van der Waals surface area contributed by atoms with Crippen molar-refractivity contribution in [2.75, 3.05) is 25.2 Å². The molecule has 0 heterocycles. The number of methoxy groups -OCH3 is 1. The van der Waals surface area contributed by atoms with E-state index in [4.69, 9.17) is 21.1 Å². The van der Waals surface area contributed by atoms with Crippen molar-refractivity contribution in [3.63, 3.8) is 0 Å². The molecule has 0 N–H and O–H groups in total. The monoisotopic (exact) mass is 330 g/mol. The summed E-state index contributed by atoms with van der Waals surface area (Å²) in [6.45, 7) is 5.39. The van der Waals surface area contributed by atoms with E-state index in [1.807, 2.05) is 0 Å². The van der Waals surface area contributed by atoms with E-state index < -0.39 is 16.6 Å². The van der Waals surface area contributed by atoms with Crippen LogP contribution in [-0.4, -0.2) is 36.9 Å². The number of hydrogen-bond acceptors (Lipinski definition) is 5. The minimum absolute atomic E-state index is 0.000432. The molecule has 0 atom stereocenters. The SMILES string of the molecule is COCCN(C(=O)OC(C)(C)C)c1c(Cl)cccc1[N+](=O)[O-]. The fourth-order valence-electron chi connectivity index (χ4n) is 1.71. The van der Waals surface area contributed by atoms with E-state index in [0.29, 0.717) is 0 Å². The van der Waals surface area contributed by atoms with E-state index in [-0.39, 0.29) is 29.5 Å². The van der Waals surface area contributed by atoms with Crippen LogP contribution in [0.15, 0.2) is 18.2 Å². The number of carbonyl (C=O) groups excluding carboxylic acids is 1. The Morgan fingerprint density at radius 1 is 1.41 bits per heavy atom. The fraction of sp³-hybridized carbons (Fsp3) is 0.500. The minimum atomic E-state index is -0.738. The van der Waals surface area contributed by atoms with Gasteiger partial charge in [-0.3, -0.25) is 15.0 Å². The Morgan fingerprint density at radius 2 is 2.05 bits per heavy atom. The van der Waals surface area contributed by atoms with E-state index in [1.165, 1.54) is 25.3 Å². The molecule has 1 aromatic carbocycles. The molecule has 0 saturated carbocycles. The van der Waals surface area contributed by atoms with E-state index in [0.717, 1.165) is 4.90 Å². The summed E-state index contributed by atoms with van der Waals surface area (Å²) in [5, 5.41) is 11.3. The van der Waals surface area contributed by atoms with Crippen molar-refractivity contribution in [2.24, 2.45) is 0 Å². The number of para-hydroxylation sites is 1. The first-order valence-corrected chi connectivity index (χ1v) is 6.97. The van der Waals surface area contributed by atoms with Crippen molar-refractivity contribution in [2.45, 2.75) is 26.4 Å². The highest BCUT2D eigenvalue weighted by Crippen LogP contribution is 2.36. The zero-order valence-electron chi connectivity index (χ0n) is 13.0. The Labute approximate surface area is 133 Å². The first-order valence-electron chi connectivity index (χ1n) is 6.59. The largest absolute Gasteiger partial charge is 0.443 e. The van der Waals surface area contributed by atoms with E-state index in [1.54, 1.807) is 20.8 Å². The molecular formula is C14H19ClN2O5. The van der Waals surface area contributed by atoms with Crippen molar-refractivity contribution >= 4 is 29.1 Å². The summed E-state index contributed by atoms with van der Waals surface area (Å²) in [5.41, 5.74) is -1.01. The first kappa shape index (κ1) is 18.2. The van der Waals surface area contributed by atoms with Gasteiger partial charge in [0.05, 0.1) is 23.1 Å². The predicted octanol–water partition coefficient (Wildman–Crippen LogP) is 3.64.